The van der Waals surface area contributed by atoms with Crippen LogP contribution < -0.4 is 5.32 Å². The summed E-state index contributed by atoms with van der Waals surface area (Å²) in [4.78, 5) is 65.3. The number of thioether (sulfide) groups is 1. The maximum Gasteiger partial charge on any atom is 0.378 e. The molecular weight excluding hydrogens is 521 g/mol. The third-order valence-electron chi connectivity index (χ3n) is 6.82. The minimum atomic E-state index is -1.74. The molecule has 3 fully saturated rings. The molecular formula is C26H24BN5O6S. The van der Waals surface area contributed by atoms with Crippen molar-refractivity contribution >= 4 is 55.6 Å². The molecule has 0 aromatic heterocycles. The largest absolute Gasteiger partial charge is 0.541 e. The summed E-state index contributed by atoms with van der Waals surface area (Å²) in [5, 5.41) is 7.26. The van der Waals surface area contributed by atoms with Gasteiger partial charge in [0.2, 0.25) is 22.6 Å². The first-order chi connectivity index (χ1) is 18.7. The Kier molecular flexibility index (Phi) is 7.17. The van der Waals surface area contributed by atoms with E-state index in [2.05, 4.69) is 15.1 Å². The molecule has 0 unspecified atom stereocenters. The number of hydrogen-bond acceptors (Lipinski definition) is 8. The van der Waals surface area contributed by atoms with Crippen LogP contribution >= 0.6 is 11.8 Å². The van der Waals surface area contributed by atoms with Gasteiger partial charge in [-0.25, -0.2) is 5.01 Å². The Hall–Kier alpha value is -4.13. The van der Waals surface area contributed by atoms with E-state index in [0.29, 0.717) is 0 Å². The molecule has 2 radical (unpaired) electrons. The number of hydrogen-bond donors (Lipinski definition) is 1. The van der Waals surface area contributed by atoms with E-state index in [1.165, 1.54) is 11.1 Å². The lowest BCUT2D eigenvalue weighted by molar-refractivity contribution is -0.162. The van der Waals surface area contributed by atoms with Crippen LogP contribution in [-0.2, 0) is 35.0 Å². The van der Waals surface area contributed by atoms with Crippen LogP contribution in [-0.4, -0.2) is 94.6 Å². The molecule has 0 aliphatic carbocycles. The van der Waals surface area contributed by atoms with Gasteiger partial charge in [-0.2, -0.15) is 5.10 Å². The van der Waals surface area contributed by atoms with E-state index in [4.69, 9.17) is 8.05 Å². The van der Waals surface area contributed by atoms with Gasteiger partial charge in [0, 0.05) is 0 Å². The van der Waals surface area contributed by atoms with Gasteiger partial charge in [0.25, 0.3) is 5.91 Å². The van der Waals surface area contributed by atoms with Crippen LogP contribution in [0.25, 0.3) is 0 Å². The molecule has 2 aromatic carbocycles. The zero-order valence-corrected chi connectivity index (χ0v) is 21.8. The molecule has 3 aliphatic heterocycles. The van der Waals surface area contributed by atoms with Crippen molar-refractivity contribution in [2.75, 3.05) is 19.6 Å². The van der Waals surface area contributed by atoms with Gasteiger partial charge in [0.15, 0.2) is 0 Å². The van der Waals surface area contributed by atoms with Gasteiger partial charge in [-0.05, 0) is 18.1 Å². The maximum absolute atomic E-state index is 13.2. The van der Waals surface area contributed by atoms with Crippen molar-refractivity contribution in [1.29, 1.82) is 0 Å². The number of fused-ring (bicyclic) bond motifs is 1. The van der Waals surface area contributed by atoms with Gasteiger partial charge < -0.3 is 19.8 Å². The molecule has 11 nitrogen and oxygen atoms in total. The summed E-state index contributed by atoms with van der Waals surface area (Å²) in [6.45, 7) is 0.847. The lowest BCUT2D eigenvalue weighted by atomic mass is 10.0. The van der Waals surface area contributed by atoms with Gasteiger partial charge >= 0.3 is 14.0 Å². The van der Waals surface area contributed by atoms with E-state index in [-0.39, 0.29) is 18.9 Å². The number of carbonyl (C=O) groups is 5. The molecule has 3 aliphatic rings. The van der Waals surface area contributed by atoms with Crippen molar-refractivity contribution in [2.24, 2.45) is 5.10 Å². The second-order valence-electron chi connectivity index (χ2n) is 9.46. The summed E-state index contributed by atoms with van der Waals surface area (Å²) < 4.78 is 4.54. The Bertz CT molecular complexity index is 1360. The fourth-order valence-corrected chi connectivity index (χ4v) is 6.40. The smallest absolute Gasteiger partial charge is 0.378 e. The fourth-order valence-electron chi connectivity index (χ4n) is 4.72. The number of nitrogens with one attached hydrogen (secondary N) is 1. The number of rotatable bonds is 7. The Morgan fingerprint density at radius 3 is 2.51 bits per heavy atom. The molecule has 4 amide bonds. The SMILES string of the molecule is [B]OC(=O)[C@@]1(N2CC(=O)N(/N=C/c3ccc(C)cc3)CC2=O)CN2C(=O)[C@@H](NC(=O)Cc3ccccc3)[C@H]2S1. The number of hydrazone groups is 1. The van der Waals surface area contributed by atoms with Crippen molar-refractivity contribution < 1.29 is 28.6 Å². The number of β-lactam (4-membered cyclic amide) rings is 1. The summed E-state index contributed by atoms with van der Waals surface area (Å²) in [5.41, 5.74) is 2.60. The highest BCUT2D eigenvalue weighted by atomic mass is 32.2. The van der Waals surface area contributed by atoms with Gasteiger partial charge in [-0.15, -0.1) is 0 Å². The van der Waals surface area contributed by atoms with E-state index in [1.807, 2.05) is 49.4 Å². The quantitative estimate of drug-likeness (QED) is 0.294. The number of amides is 4. The van der Waals surface area contributed by atoms with E-state index >= 15 is 0 Å². The van der Waals surface area contributed by atoms with E-state index in [9.17, 15) is 24.0 Å². The molecule has 5 rings (SSSR count). The minimum absolute atomic E-state index is 0.0794. The first kappa shape index (κ1) is 26.5. The number of piperazine rings is 1. The molecule has 3 atom stereocenters. The van der Waals surface area contributed by atoms with Crippen LogP contribution in [0.4, 0.5) is 0 Å². The standard InChI is InChI=1S/C26H24BN5O6S/c1-16-7-9-18(10-8-16)12-28-32-14-20(34)31(13-21(32)35)26(25(37)38-27)15-30-23(36)22(24(30)39-26)29-19(33)11-17-5-3-2-4-6-17/h2-10,12,22,24H,11,13-15H2,1H3,(H,29,33)/b28-12+/t22-,24-,26-/m1/s1. The van der Waals surface area contributed by atoms with Crippen molar-refractivity contribution in [3.05, 3.63) is 71.3 Å². The third kappa shape index (κ3) is 5.01. The maximum atomic E-state index is 13.2. The second-order valence-corrected chi connectivity index (χ2v) is 10.9. The van der Waals surface area contributed by atoms with Crippen molar-refractivity contribution in [3.8, 4) is 0 Å². The fraction of sp³-hybridized carbons (Fsp3) is 0.308. The Morgan fingerprint density at radius 1 is 1.10 bits per heavy atom. The highest BCUT2D eigenvalue weighted by Crippen LogP contribution is 2.49. The molecule has 0 saturated carbocycles. The number of nitrogens with zero attached hydrogens (tertiary/aromatic N) is 4. The van der Waals surface area contributed by atoms with Crippen LogP contribution in [0.1, 0.15) is 16.7 Å². The number of carbonyl (C=O) groups excluding carboxylic acids is 5. The highest BCUT2D eigenvalue weighted by molar-refractivity contribution is 8.02. The van der Waals surface area contributed by atoms with E-state index < -0.39 is 53.1 Å². The normalized spacial score (nSPS) is 24.5. The predicted molar refractivity (Wildman–Crippen MR) is 142 cm³/mol. The Balaban J connectivity index is 1.29. The summed E-state index contributed by atoms with van der Waals surface area (Å²) in [6, 6.07) is 15.6. The first-order valence-electron chi connectivity index (χ1n) is 12.2. The van der Waals surface area contributed by atoms with E-state index in [0.717, 1.165) is 38.4 Å². The van der Waals surface area contributed by atoms with Gasteiger partial charge in [-0.3, -0.25) is 24.0 Å². The van der Waals surface area contributed by atoms with Gasteiger partial charge in [0.05, 0.1) is 19.2 Å². The van der Waals surface area contributed by atoms with Crippen molar-refractivity contribution in [2.45, 2.75) is 29.6 Å². The molecule has 1 N–H and O–H groups in total. The van der Waals surface area contributed by atoms with Crippen LogP contribution in [0, 0.1) is 6.92 Å². The summed E-state index contributed by atoms with van der Waals surface area (Å²) in [6.07, 6.45) is 1.55. The molecule has 3 heterocycles. The van der Waals surface area contributed by atoms with E-state index in [1.54, 1.807) is 12.1 Å². The summed E-state index contributed by atoms with van der Waals surface area (Å²) in [7, 11) is 5.23. The lowest BCUT2D eigenvalue weighted by Crippen LogP contribution is -2.68. The predicted octanol–water partition coefficient (Wildman–Crippen LogP) is -0.0347. The van der Waals surface area contributed by atoms with Crippen LogP contribution in [0.5, 0.6) is 0 Å². The van der Waals surface area contributed by atoms with Gasteiger partial charge in [0.1, 0.15) is 24.5 Å². The minimum Gasteiger partial charge on any atom is -0.541 e. The molecule has 0 spiro atoms. The molecule has 3 saturated heterocycles. The number of benzene rings is 2. The van der Waals surface area contributed by atoms with Crippen molar-refractivity contribution in [3.63, 3.8) is 0 Å². The molecule has 39 heavy (non-hydrogen) atoms. The Morgan fingerprint density at radius 2 is 1.82 bits per heavy atom. The monoisotopic (exact) mass is 545 g/mol. The summed E-state index contributed by atoms with van der Waals surface area (Å²) >= 11 is 0.958. The molecule has 198 valence electrons. The summed E-state index contributed by atoms with van der Waals surface area (Å²) in [5.74, 6) is -2.81. The van der Waals surface area contributed by atoms with Crippen LogP contribution in [0.15, 0.2) is 59.7 Å². The van der Waals surface area contributed by atoms with Crippen LogP contribution in [0.2, 0.25) is 0 Å². The average molecular weight is 545 g/mol. The van der Waals surface area contributed by atoms with Gasteiger partial charge in [-0.1, -0.05) is 71.9 Å². The second kappa shape index (κ2) is 10.6. The highest BCUT2D eigenvalue weighted by Gasteiger charge is 2.66. The van der Waals surface area contributed by atoms with Crippen molar-refractivity contribution in [1.82, 2.24) is 20.1 Å². The molecule has 13 heteroatoms. The first-order valence-corrected chi connectivity index (χ1v) is 13.0. The zero-order valence-electron chi connectivity index (χ0n) is 21.0. The Labute approximate surface area is 230 Å². The average Bonchev–Trinajstić information content (AvgIpc) is 3.30. The third-order valence-corrected chi connectivity index (χ3v) is 8.49. The number of aryl methyl sites for hydroxylation is 1. The molecule has 0 bridgehead atoms. The molecule has 2 aromatic rings. The van der Waals surface area contributed by atoms with Crippen LogP contribution in [0.3, 0.4) is 0 Å². The lowest BCUT2D eigenvalue weighted by Gasteiger charge is -2.41. The topological polar surface area (TPSA) is 129 Å². The zero-order chi connectivity index (χ0) is 27.7.